The first-order valence-corrected chi connectivity index (χ1v) is 8.80. The van der Waals surface area contributed by atoms with Crippen LogP contribution in [0.4, 0.5) is 5.69 Å². The molecule has 0 saturated carbocycles. The highest BCUT2D eigenvalue weighted by Crippen LogP contribution is 2.20. The normalized spacial score (nSPS) is 17.9. The number of anilines is 1. The quantitative estimate of drug-likeness (QED) is 0.372. The Balaban J connectivity index is 0.00000288. The van der Waals surface area contributed by atoms with Crippen LogP contribution in [0.5, 0.6) is 0 Å². The average molecular weight is 509 g/mol. The monoisotopic (exact) mass is 508 g/mol. The van der Waals surface area contributed by atoms with Crippen molar-refractivity contribution in [2.45, 2.75) is 26.7 Å². The van der Waals surface area contributed by atoms with Gasteiger partial charge in [-0.3, -0.25) is 9.79 Å². The fourth-order valence-corrected chi connectivity index (χ4v) is 3.16. The Bertz CT molecular complexity index is 594. The highest BCUT2D eigenvalue weighted by molar-refractivity contribution is 14.0. The lowest BCUT2D eigenvalue weighted by Gasteiger charge is -2.33. The molecule has 1 aliphatic heterocycles. The standard InChI is InChI=1S/C17H25BrN4O.HI/c1-12-5-4-8-22(11-12)17(19-3)20-10-16(23)21-15-9-14(18)7-6-13(15)2;/h6-7,9,12H,4-5,8,10-11H2,1-3H3,(H,19,20)(H,21,23);1H. The molecule has 0 aliphatic carbocycles. The number of hydrogen-bond acceptors (Lipinski definition) is 2. The van der Waals surface area contributed by atoms with Gasteiger partial charge in [0.15, 0.2) is 5.96 Å². The van der Waals surface area contributed by atoms with Crippen LogP contribution in [-0.4, -0.2) is 43.4 Å². The van der Waals surface area contributed by atoms with Crippen LogP contribution >= 0.6 is 39.9 Å². The molecular weight excluding hydrogens is 483 g/mol. The Morgan fingerprint density at radius 3 is 2.88 bits per heavy atom. The minimum atomic E-state index is -0.0718. The molecule has 1 unspecified atom stereocenters. The zero-order valence-electron chi connectivity index (χ0n) is 14.4. The SMILES string of the molecule is CN=C(NCC(=O)Nc1cc(Br)ccc1C)N1CCCC(C)C1.I. The number of carbonyl (C=O) groups is 1. The summed E-state index contributed by atoms with van der Waals surface area (Å²) in [5.74, 6) is 1.40. The number of aliphatic imine (C=N–C) groups is 1. The summed E-state index contributed by atoms with van der Waals surface area (Å²) in [6.45, 7) is 6.43. The Labute approximate surface area is 169 Å². The van der Waals surface area contributed by atoms with E-state index in [1.807, 2.05) is 25.1 Å². The van der Waals surface area contributed by atoms with E-state index in [0.29, 0.717) is 5.92 Å². The molecule has 0 spiro atoms. The molecule has 0 aromatic heterocycles. The maximum absolute atomic E-state index is 12.2. The molecule has 5 nitrogen and oxygen atoms in total. The second-order valence-electron chi connectivity index (χ2n) is 6.10. The Hall–Kier alpha value is -0.830. The van der Waals surface area contributed by atoms with Gasteiger partial charge in [-0.15, -0.1) is 24.0 Å². The smallest absolute Gasteiger partial charge is 0.243 e. The Kier molecular flexibility index (Phi) is 9.04. The van der Waals surface area contributed by atoms with Crippen LogP contribution in [-0.2, 0) is 4.79 Å². The number of amides is 1. The number of piperidine rings is 1. The Morgan fingerprint density at radius 2 is 2.21 bits per heavy atom. The van der Waals surface area contributed by atoms with Crippen LogP contribution in [0.25, 0.3) is 0 Å². The second-order valence-corrected chi connectivity index (χ2v) is 7.02. The van der Waals surface area contributed by atoms with Crippen molar-refractivity contribution in [1.29, 1.82) is 0 Å². The molecule has 1 amide bonds. The van der Waals surface area contributed by atoms with Crippen molar-refractivity contribution in [2.24, 2.45) is 10.9 Å². The topological polar surface area (TPSA) is 56.7 Å². The summed E-state index contributed by atoms with van der Waals surface area (Å²) in [4.78, 5) is 18.7. The highest BCUT2D eigenvalue weighted by Gasteiger charge is 2.19. The first kappa shape index (κ1) is 21.2. The third-order valence-corrected chi connectivity index (χ3v) is 4.54. The van der Waals surface area contributed by atoms with Crippen molar-refractivity contribution in [3.05, 3.63) is 28.2 Å². The van der Waals surface area contributed by atoms with Crippen LogP contribution in [0.15, 0.2) is 27.7 Å². The van der Waals surface area contributed by atoms with Crippen LogP contribution in [0.1, 0.15) is 25.3 Å². The zero-order valence-corrected chi connectivity index (χ0v) is 18.4. The Morgan fingerprint density at radius 1 is 1.46 bits per heavy atom. The summed E-state index contributed by atoms with van der Waals surface area (Å²) in [7, 11) is 1.76. The molecule has 1 aromatic carbocycles. The van der Waals surface area contributed by atoms with E-state index >= 15 is 0 Å². The lowest BCUT2D eigenvalue weighted by molar-refractivity contribution is -0.115. The van der Waals surface area contributed by atoms with Gasteiger partial charge in [0.05, 0.1) is 6.54 Å². The number of hydrogen-bond donors (Lipinski definition) is 2. The van der Waals surface area contributed by atoms with E-state index < -0.39 is 0 Å². The molecule has 1 saturated heterocycles. The molecule has 2 N–H and O–H groups in total. The van der Waals surface area contributed by atoms with Crippen LogP contribution in [0.3, 0.4) is 0 Å². The minimum absolute atomic E-state index is 0. The number of nitrogens with zero attached hydrogens (tertiary/aromatic N) is 2. The third-order valence-electron chi connectivity index (χ3n) is 4.05. The maximum atomic E-state index is 12.2. The predicted molar refractivity (Wildman–Crippen MR) is 114 cm³/mol. The highest BCUT2D eigenvalue weighted by atomic mass is 127. The van der Waals surface area contributed by atoms with Gasteiger partial charge in [-0.05, 0) is 43.4 Å². The zero-order chi connectivity index (χ0) is 16.8. The number of nitrogens with one attached hydrogen (secondary N) is 2. The first-order valence-electron chi connectivity index (χ1n) is 8.01. The van der Waals surface area contributed by atoms with Gasteiger partial charge in [-0.25, -0.2) is 0 Å². The maximum Gasteiger partial charge on any atom is 0.243 e. The van der Waals surface area contributed by atoms with Gasteiger partial charge in [-0.2, -0.15) is 0 Å². The van der Waals surface area contributed by atoms with Crippen molar-refractivity contribution < 1.29 is 4.79 Å². The van der Waals surface area contributed by atoms with E-state index in [1.54, 1.807) is 7.05 Å². The molecule has 0 bridgehead atoms. The summed E-state index contributed by atoms with van der Waals surface area (Å²) >= 11 is 3.42. The number of aryl methyl sites for hydroxylation is 1. The molecular formula is C17H26BrIN4O. The molecule has 1 aliphatic rings. The fourth-order valence-electron chi connectivity index (χ4n) is 2.80. The summed E-state index contributed by atoms with van der Waals surface area (Å²) in [5, 5.41) is 6.10. The number of halogens is 2. The van der Waals surface area contributed by atoms with Gasteiger partial charge in [0.25, 0.3) is 0 Å². The van der Waals surface area contributed by atoms with E-state index in [0.717, 1.165) is 34.8 Å². The van der Waals surface area contributed by atoms with E-state index in [9.17, 15) is 4.79 Å². The summed E-state index contributed by atoms with van der Waals surface area (Å²) in [5.41, 5.74) is 1.86. The van der Waals surface area contributed by atoms with Gasteiger partial charge in [0.2, 0.25) is 5.91 Å². The summed E-state index contributed by atoms with van der Waals surface area (Å²) in [6.07, 6.45) is 2.43. The molecule has 1 atom stereocenters. The number of likely N-dealkylation sites (tertiary alicyclic amines) is 1. The average Bonchev–Trinajstić information content (AvgIpc) is 2.51. The molecule has 1 aromatic rings. The molecule has 24 heavy (non-hydrogen) atoms. The largest absolute Gasteiger partial charge is 0.347 e. The van der Waals surface area contributed by atoms with Crippen LogP contribution < -0.4 is 10.6 Å². The molecule has 134 valence electrons. The van der Waals surface area contributed by atoms with Crippen molar-refractivity contribution in [3.8, 4) is 0 Å². The van der Waals surface area contributed by atoms with Crippen LogP contribution in [0, 0.1) is 12.8 Å². The summed E-state index contributed by atoms with van der Waals surface area (Å²) in [6, 6.07) is 5.85. The molecule has 2 rings (SSSR count). The molecule has 0 radical (unpaired) electrons. The molecule has 1 fully saturated rings. The second kappa shape index (κ2) is 10.2. The van der Waals surface area contributed by atoms with Gasteiger partial charge in [-0.1, -0.05) is 28.9 Å². The summed E-state index contributed by atoms with van der Waals surface area (Å²) < 4.78 is 0.949. The van der Waals surface area contributed by atoms with Crippen molar-refractivity contribution in [1.82, 2.24) is 10.2 Å². The molecule has 1 heterocycles. The third kappa shape index (κ3) is 6.23. The van der Waals surface area contributed by atoms with E-state index in [2.05, 4.69) is 43.4 Å². The number of carbonyl (C=O) groups excluding carboxylic acids is 1. The molecule has 7 heteroatoms. The van der Waals surface area contributed by atoms with E-state index in [4.69, 9.17) is 0 Å². The fraction of sp³-hybridized carbons (Fsp3) is 0.529. The van der Waals surface area contributed by atoms with Gasteiger partial charge >= 0.3 is 0 Å². The predicted octanol–water partition coefficient (Wildman–Crippen LogP) is 3.62. The minimum Gasteiger partial charge on any atom is -0.347 e. The lowest BCUT2D eigenvalue weighted by Crippen LogP contribution is -2.48. The number of benzene rings is 1. The van der Waals surface area contributed by atoms with Gasteiger partial charge in [0, 0.05) is 30.3 Å². The number of guanidine groups is 1. The van der Waals surface area contributed by atoms with Crippen molar-refractivity contribution in [2.75, 3.05) is 32.0 Å². The van der Waals surface area contributed by atoms with Gasteiger partial charge < -0.3 is 15.5 Å². The first-order chi connectivity index (χ1) is 11.0. The van der Waals surface area contributed by atoms with Crippen molar-refractivity contribution in [3.63, 3.8) is 0 Å². The lowest BCUT2D eigenvalue weighted by atomic mass is 10.0. The number of rotatable bonds is 3. The van der Waals surface area contributed by atoms with Gasteiger partial charge in [0.1, 0.15) is 0 Å². The van der Waals surface area contributed by atoms with E-state index in [1.165, 1.54) is 12.8 Å². The van der Waals surface area contributed by atoms with Crippen molar-refractivity contribution >= 4 is 57.5 Å². The van der Waals surface area contributed by atoms with Crippen LogP contribution in [0.2, 0.25) is 0 Å². The van der Waals surface area contributed by atoms with E-state index in [-0.39, 0.29) is 36.4 Å².